The van der Waals surface area contributed by atoms with Crippen LogP contribution in [0.2, 0.25) is 0 Å². The van der Waals surface area contributed by atoms with E-state index >= 15 is 0 Å². The third-order valence-corrected chi connectivity index (χ3v) is 4.38. The molecule has 2 heterocycles. The molecule has 0 bridgehead atoms. The van der Waals surface area contributed by atoms with Crippen molar-refractivity contribution < 1.29 is 4.74 Å². The van der Waals surface area contributed by atoms with Crippen LogP contribution in [-0.2, 0) is 4.74 Å². The molecule has 0 saturated carbocycles. The summed E-state index contributed by atoms with van der Waals surface area (Å²) >= 11 is 0. The van der Waals surface area contributed by atoms with E-state index in [0.717, 1.165) is 50.5 Å². The molecule has 1 aliphatic rings. The lowest BCUT2D eigenvalue weighted by atomic mass is 10.0. The molecule has 0 radical (unpaired) electrons. The maximum absolute atomic E-state index is 9.40. The summed E-state index contributed by atoms with van der Waals surface area (Å²) in [4.78, 5) is 2.47. The third kappa shape index (κ3) is 4.63. The smallest absolute Gasteiger partial charge is 0.166 e. The summed E-state index contributed by atoms with van der Waals surface area (Å²) in [6, 6.07) is 2.66. The molecule has 1 saturated heterocycles. The summed E-state index contributed by atoms with van der Waals surface area (Å²) in [5.41, 5.74) is 2.30. The normalized spacial score (nSPS) is 17.0. The van der Waals surface area contributed by atoms with Gasteiger partial charge in [-0.25, -0.2) is 0 Å². The largest absolute Gasteiger partial charge is 0.379 e. The second-order valence-corrected chi connectivity index (χ2v) is 6.56. The van der Waals surface area contributed by atoms with Gasteiger partial charge in [0.15, 0.2) is 5.82 Å². The summed E-state index contributed by atoms with van der Waals surface area (Å²) in [6.45, 7) is 12.6. The van der Waals surface area contributed by atoms with Crippen LogP contribution in [0.3, 0.4) is 0 Å². The van der Waals surface area contributed by atoms with Crippen LogP contribution in [0.4, 0.5) is 5.82 Å². The summed E-state index contributed by atoms with van der Waals surface area (Å²) < 4.78 is 5.46. The number of aromatic nitrogens is 2. The predicted octanol–water partition coefficient (Wildman–Crippen LogP) is 2.12. The predicted molar refractivity (Wildman–Crippen MR) is 90.3 cm³/mol. The number of hydrogen-bond acceptors (Lipinski definition) is 6. The van der Waals surface area contributed by atoms with Crippen LogP contribution < -0.4 is 5.32 Å². The van der Waals surface area contributed by atoms with E-state index in [-0.39, 0.29) is 0 Å². The Bertz CT molecular complexity index is 561. The van der Waals surface area contributed by atoms with Gasteiger partial charge in [-0.1, -0.05) is 13.8 Å². The number of aryl methyl sites for hydroxylation is 1. The van der Waals surface area contributed by atoms with Crippen LogP contribution in [0.15, 0.2) is 0 Å². The molecular formula is C17H27N5O. The lowest BCUT2D eigenvalue weighted by Gasteiger charge is -2.35. The number of morpholine rings is 1. The Morgan fingerprint density at radius 2 is 1.96 bits per heavy atom. The monoisotopic (exact) mass is 317 g/mol. The van der Waals surface area contributed by atoms with Crippen LogP contribution in [0, 0.1) is 31.1 Å². The first kappa shape index (κ1) is 17.6. The van der Waals surface area contributed by atoms with Gasteiger partial charge >= 0.3 is 0 Å². The first-order valence-electron chi connectivity index (χ1n) is 8.32. The van der Waals surface area contributed by atoms with E-state index in [2.05, 4.69) is 40.3 Å². The van der Waals surface area contributed by atoms with E-state index in [0.29, 0.717) is 23.3 Å². The average molecular weight is 317 g/mol. The van der Waals surface area contributed by atoms with Gasteiger partial charge in [0.2, 0.25) is 0 Å². The van der Waals surface area contributed by atoms with Gasteiger partial charge in [-0.15, -0.1) is 5.10 Å². The highest BCUT2D eigenvalue weighted by atomic mass is 16.5. The van der Waals surface area contributed by atoms with Crippen LogP contribution in [0.25, 0.3) is 0 Å². The standard InChI is InChI=1S/C17H27N5O/c1-12(2)9-15(22-5-7-23-8-6-22)11-19-17-16(10-18)13(3)14(4)20-21-17/h12,15H,5-9,11H2,1-4H3,(H,19,21). The minimum atomic E-state index is 0.411. The average Bonchev–Trinajstić information content (AvgIpc) is 2.55. The molecular weight excluding hydrogens is 290 g/mol. The van der Waals surface area contributed by atoms with Crippen molar-refractivity contribution in [3.63, 3.8) is 0 Å². The topological polar surface area (TPSA) is 74.1 Å². The van der Waals surface area contributed by atoms with Crippen molar-refractivity contribution in [1.29, 1.82) is 5.26 Å². The molecule has 1 aromatic rings. The maximum atomic E-state index is 9.40. The summed E-state index contributed by atoms with van der Waals surface area (Å²) in [5, 5.41) is 21.1. The fraction of sp³-hybridized carbons (Fsp3) is 0.706. The highest BCUT2D eigenvalue weighted by Crippen LogP contribution is 2.19. The van der Waals surface area contributed by atoms with Crippen LogP contribution >= 0.6 is 0 Å². The van der Waals surface area contributed by atoms with Gasteiger partial charge in [-0.05, 0) is 31.7 Å². The molecule has 1 atom stereocenters. The number of nitrogens with one attached hydrogen (secondary N) is 1. The van der Waals surface area contributed by atoms with Crippen molar-refractivity contribution in [3.8, 4) is 6.07 Å². The Labute approximate surface area is 138 Å². The number of nitrogens with zero attached hydrogens (tertiary/aromatic N) is 4. The van der Waals surface area contributed by atoms with Crippen LogP contribution in [0.1, 0.15) is 37.1 Å². The van der Waals surface area contributed by atoms with Gasteiger partial charge in [0.25, 0.3) is 0 Å². The fourth-order valence-electron chi connectivity index (χ4n) is 2.93. The number of nitriles is 1. The molecule has 1 aliphatic heterocycles. The SMILES string of the molecule is Cc1nnc(NCC(CC(C)C)N2CCOCC2)c(C#N)c1C. The molecule has 1 fully saturated rings. The molecule has 23 heavy (non-hydrogen) atoms. The first-order valence-corrected chi connectivity index (χ1v) is 8.32. The quantitative estimate of drug-likeness (QED) is 0.866. The molecule has 126 valence electrons. The third-order valence-electron chi connectivity index (χ3n) is 4.38. The fourth-order valence-corrected chi connectivity index (χ4v) is 2.93. The zero-order valence-electron chi connectivity index (χ0n) is 14.6. The Morgan fingerprint density at radius 1 is 1.26 bits per heavy atom. The summed E-state index contributed by atoms with van der Waals surface area (Å²) in [5.74, 6) is 1.21. The minimum Gasteiger partial charge on any atom is -0.379 e. The Balaban J connectivity index is 2.09. The van der Waals surface area contributed by atoms with Crippen LogP contribution in [-0.4, -0.2) is 54.0 Å². The van der Waals surface area contributed by atoms with Crippen molar-refractivity contribution in [2.24, 2.45) is 5.92 Å². The number of rotatable bonds is 6. The van der Waals surface area contributed by atoms with E-state index in [4.69, 9.17) is 4.74 Å². The first-order chi connectivity index (χ1) is 11.0. The molecule has 0 aromatic carbocycles. The Kier molecular flexibility index (Phi) is 6.31. The van der Waals surface area contributed by atoms with E-state index in [9.17, 15) is 5.26 Å². The maximum Gasteiger partial charge on any atom is 0.166 e. The highest BCUT2D eigenvalue weighted by molar-refractivity contribution is 5.55. The molecule has 6 heteroatoms. The lowest BCUT2D eigenvalue weighted by Crippen LogP contribution is -2.47. The molecule has 1 unspecified atom stereocenters. The number of anilines is 1. The van der Waals surface area contributed by atoms with E-state index in [1.54, 1.807) is 0 Å². The van der Waals surface area contributed by atoms with E-state index in [1.165, 1.54) is 0 Å². The van der Waals surface area contributed by atoms with Crippen molar-refractivity contribution in [2.45, 2.75) is 40.2 Å². The molecule has 0 spiro atoms. The van der Waals surface area contributed by atoms with Crippen molar-refractivity contribution in [1.82, 2.24) is 15.1 Å². The van der Waals surface area contributed by atoms with Gasteiger partial charge in [0, 0.05) is 25.7 Å². The zero-order valence-corrected chi connectivity index (χ0v) is 14.6. The van der Waals surface area contributed by atoms with Gasteiger partial charge in [-0.3, -0.25) is 4.90 Å². The van der Waals surface area contributed by atoms with Gasteiger partial charge in [0.1, 0.15) is 11.6 Å². The van der Waals surface area contributed by atoms with E-state index in [1.807, 2.05) is 13.8 Å². The number of hydrogen-bond donors (Lipinski definition) is 1. The molecule has 2 rings (SSSR count). The minimum absolute atomic E-state index is 0.411. The Hall–Kier alpha value is -1.71. The summed E-state index contributed by atoms with van der Waals surface area (Å²) in [6.07, 6.45) is 1.10. The molecule has 6 nitrogen and oxygen atoms in total. The molecule has 0 aliphatic carbocycles. The molecule has 1 N–H and O–H groups in total. The van der Waals surface area contributed by atoms with Gasteiger partial charge in [-0.2, -0.15) is 10.4 Å². The molecule has 0 amide bonds. The second kappa shape index (κ2) is 8.23. The van der Waals surface area contributed by atoms with Gasteiger partial charge < -0.3 is 10.1 Å². The van der Waals surface area contributed by atoms with Gasteiger partial charge in [0.05, 0.1) is 18.9 Å². The van der Waals surface area contributed by atoms with Crippen LogP contribution in [0.5, 0.6) is 0 Å². The molecule has 1 aromatic heterocycles. The van der Waals surface area contributed by atoms with E-state index < -0.39 is 0 Å². The second-order valence-electron chi connectivity index (χ2n) is 6.56. The summed E-state index contributed by atoms with van der Waals surface area (Å²) in [7, 11) is 0. The Morgan fingerprint density at radius 3 is 2.57 bits per heavy atom. The lowest BCUT2D eigenvalue weighted by molar-refractivity contribution is 0.0150. The van der Waals surface area contributed by atoms with Crippen molar-refractivity contribution in [3.05, 3.63) is 16.8 Å². The van der Waals surface area contributed by atoms with Crippen molar-refractivity contribution >= 4 is 5.82 Å². The number of ether oxygens (including phenoxy) is 1. The van der Waals surface area contributed by atoms with Crippen molar-refractivity contribution in [2.75, 3.05) is 38.2 Å². The highest BCUT2D eigenvalue weighted by Gasteiger charge is 2.22. The zero-order chi connectivity index (χ0) is 16.8.